The van der Waals surface area contributed by atoms with E-state index >= 15 is 0 Å². The van der Waals surface area contributed by atoms with Gasteiger partial charge in [-0.2, -0.15) is 0 Å². The van der Waals surface area contributed by atoms with Gasteiger partial charge in [0.1, 0.15) is 0 Å². The van der Waals surface area contributed by atoms with Crippen molar-refractivity contribution in [2.45, 2.75) is 11.8 Å². The van der Waals surface area contributed by atoms with Gasteiger partial charge >= 0.3 is 0 Å². The zero-order valence-corrected chi connectivity index (χ0v) is 13.3. The molecule has 2 aromatic heterocycles. The summed E-state index contributed by atoms with van der Waals surface area (Å²) in [6.07, 6.45) is 5.63. The number of benzene rings is 1. The number of aryl methyl sites for hydroxylation is 1. The molecule has 3 aromatic rings. The largest absolute Gasteiger partial charge is 0.368 e. The van der Waals surface area contributed by atoms with Crippen molar-refractivity contribution in [1.82, 2.24) is 15.0 Å². The van der Waals surface area contributed by atoms with E-state index in [9.17, 15) is 0 Å². The third-order valence-corrected chi connectivity index (χ3v) is 4.16. The predicted molar refractivity (Wildman–Crippen MR) is 91.6 cm³/mol. The highest BCUT2D eigenvalue weighted by Crippen LogP contribution is 2.33. The number of hydrogen-bond acceptors (Lipinski definition) is 5. The van der Waals surface area contributed by atoms with Crippen LogP contribution in [0.4, 0.5) is 5.95 Å². The lowest BCUT2D eigenvalue weighted by atomic mass is 9.99. The number of nitrogen functional groups attached to an aromatic ring is 1. The number of nitrogens with two attached hydrogens (primary N) is 1. The summed E-state index contributed by atoms with van der Waals surface area (Å²) in [6, 6.07) is 12.2. The molecule has 4 nitrogen and oxygen atoms in total. The molecule has 0 saturated carbocycles. The van der Waals surface area contributed by atoms with Gasteiger partial charge < -0.3 is 5.73 Å². The van der Waals surface area contributed by atoms with E-state index in [0.29, 0.717) is 0 Å². The van der Waals surface area contributed by atoms with Crippen LogP contribution in [0, 0.1) is 6.92 Å². The summed E-state index contributed by atoms with van der Waals surface area (Å²) in [6.45, 7) is 1.94. The Bertz CT molecular complexity index is 786. The van der Waals surface area contributed by atoms with E-state index in [1.54, 1.807) is 18.0 Å². The fourth-order valence-corrected chi connectivity index (χ4v) is 2.82. The van der Waals surface area contributed by atoms with Gasteiger partial charge in [-0.25, -0.2) is 9.97 Å². The first-order valence-electron chi connectivity index (χ1n) is 6.88. The van der Waals surface area contributed by atoms with Crippen molar-refractivity contribution >= 4 is 17.7 Å². The molecule has 0 aliphatic rings. The van der Waals surface area contributed by atoms with Crippen LogP contribution in [0.25, 0.3) is 22.4 Å². The zero-order valence-electron chi connectivity index (χ0n) is 12.4. The van der Waals surface area contributed by atoms with Crippen LogP contribution >= 0.6 is 11.8 Å². The average molecular weight is 308 g/mol. The Morgan fingerprint density at radius 3 is 2.41 bits per heavy atom. The summed E-state index contributed by atoms with van der Waals surface area (Å²) >= 11 is 1.71. The molecule has 0 spiro atoms. The molecule has 0 bridgehead atoms. The Morgan fingerprint density at radius 2 is 1.77 bits per heavy atom. The molecule has 0 saturated heterocycles. The number of pyridine rings is 1. The molecule has 2 heterocycles. The minimum atomic E-state index is 0.286. The van der Waals surface area contributed by atoms with Crippen molar-refractivity contribution < 1.29 is 0 Å². The number of hydrogen-bond donors (Lipinski definition) is 1. The fraction of sp³-hybridized carbons (Fsp3) is 0.118. The van der Waals surface area contributed by atoms with Crippen molar-refractivity contribution in [3.05, 3.63) is 54.5 Å². The van der Waals surface area contributed by atoms with Crippen LogP contribution in [0.3, 0.4) is 0 Å². The second-order valence-electron chi connectivity index (χ2n) is 4.86. The van der Waals surface area contributed by atoms with E-state index in [0.717, 1.165) is 28.1 Å². The molecule has 22 heavy (non-hydrogen) atoms. The molecule has 0 aliphatic heterocycles. The second-order valence-corrected chi connectivity index (χ2v) is 5.74. The highest BCUT2D eigenvalue weighted by molar-refractivity contribution is 7.98. The van der Waals surface area contributed by atoms with Gasteiger partial charge in [-0.3, -0.25) is 4.98 Å². The van der Waals surface area contributed by atoms with E-state index < -0.39 is 0 Å². The van der Waals surface area contributed by atoms with Gasteiger partial charge in [0.05, 0.1) is 11.4 Å². The SMILES string of the molecule is CSc1ccc(-c2nc(N)nc(C)c2-c2cccnc2)cc1. The van der Waals surface area contributed by atoms with E-state index in [4.69, 9.17) is 5.73 Å². The lowest BCUT2D eigenvalue weighted by molar-refractivity contribution is 1.12. The quantitative estimate of drug-likeness (QED) is 0.745. The highest BCUT2D eigenvalue weighted by Gasteiger charge is 2.14. The van der Waals surface area contributed by atoms with Crippen molar-refractivity contribution in [1.29, 1.82) is 0 Å². The molecule has 2 N–H and O–H groups in total. The van der Waals surface area contributed by atoms with Crippen molar-refractivity contribution in [2.75, 3.05) is 12.0 Å². The van der Waals surface area contributed by atoms with E-state index in [-0.39, 0.29) is 5.95 Å². The zero-order chi connectivity index (χ0) is 15.5. The van der Waals surface area contributed by atoms with Crippen LogP contribution in [0.15, 0.2) is 53.7 Å². The molecule has 0 aliphatic carbocycles. The van der Waals surface area contributed by atoms with Crippen LogP contribution in [-0.4, -0.2) is 21.2 Å². The van der Waals surface area contributed by atoms with Crippen LogP contribution < -0.4 is 5.73 Å². The third kappa shape index (κ3) is 2.80. The lowest BCUT2D eigenvalue weighted by Crippen LogP contribution is -2.02. The molecule has 0 unspecified atom stereocenters. The Kier molecular flexibility index (Phi) is 4.06. The third-order valence-electron chi connectivity index (χ3n) is 3.42. The molecule has 110 valence electrons. The molecular formula is C17H16N4S. The van der Waals surface area contributed by atoms with Crippen LogP contribution in [-0.2, 0) is 0 Å². The van der Waals surface area contributed by atoms with Crippen molar-refractivity contribution in [3.63, 3.8) is 0 Å². The maximum atomic E-state index is 5.86. The van der Waals surface area contributed by atoms with E-state index in [1.165, 1.54) is 4.90 Å². The first-order valence-corrected chi connectivity index (χ1v) is 8.10. The molecule has 0 radical (unpaired) electrons. The molecular weight excluding hydrogens is 292 g/mol. The molecule has 5 heteroatoms. The fourth-order valence-electron chi connectivity index (χ4n) is 2.41. The lowest BCUT2D eigenvalue weighted by Gasteiger charge is -2.12. The standard InChI is InChI=1S/C17H16N4S/c1-11-15(13-4-3-9-19-10-13)16(21-17(18)20-11)12-5-7-14(22-2)8-6-12/h3-10H,1-2H3,(H2,18,20,21). The second kappa shape index (κ2) is 6.15. The number of aromatic nitrogens is 3. The monoisotopic (exact) mass is 308 g/mol. The summed E-state index contributed by atoms with van der Waals surface area (Å²) in [5.41, 5.74) is 10.5. The predicted octanol–water partition coefficient (Wildman–Crippen LogP) is 3.82. The van der Waals surface area contributed by atoms with Crippen molar-refractivity contribution in [3.8, 4) is 22.4 Å². The molecule has 0 amide bonds. The Morgan fingerprint density at radius 1 is 1.00 bits per heavy atom. The first kappa shape index (κ1) is 14.5. The van der Waals surface area contributed by atoms with Gasteiger partial charge in [0.15, 0.2) is 0 Å². The molecule has 0 fully saturated rings. The number of anilines is 1. The molecule has 3 rings (SSSR count). The average Bonchev–Trinajstić information content (AvgIpc) is 2.55. The number of nitrogens with zero attached hydrogens (tertiary/aromatic N) is 3. The Hall–Kier alpha value is -2.40. The van der Waals surface area contributed by atoms with Gasteiger partial charge in [-0.1, -0.05) is 18.2 Å². The maximum absolute atomic E-state index is 5.86. The summed E-state index contributed by atoms with van der Waals surface area (Å²) < 4.78 is 0. The van der Waals surface area contributed by atoms with Crippen LogP contribution in [0.1, 0.15) is 5.69 Å². The summed E-state index contributed by atoms with van der Waals surface area (Å²) in [5.74, 6) is 0.286. The van der Waals surface area contributed by atoms with Gasteiger partial charge in [0.25, 0.3) is 0 Å². The van der Waals surface area contributed by atoms with Gasteiger partial charge in [-0.05, 0) is 31.4 Å². The molecule has 0 atom stereocenters. The number of thioether (sulfide) groups is 1. The molecule has 1 aromatic carbocycles. The Labute approximate surface area is 133 Å². The summed E-state index contributed by atoms with van der Waals surface area (Å²) in [7, 11) is 0. The highest BCUT2D eigenvalue weighted by atomic mass is 32.2. The smallest absolute Gasteiger partial charge is 0.220 e. The topological polar surface area (TPSA) is 64.7 Å². The van der Waals surface area contributed by atoms with E-state index in [1.807, 2.05) is 25.3 Å². The first-order chi connectivity index (χ1) is 10.7. The minimum absolute atomic E-state index is 0.286. The summed E-state index contributed by atoms with van der Waals surface area (Å²) in [4.78, 5) is 14.2. The van der Waals surface area contributed by atoms with Crippen LogP contribution in [0.2, 0.25) is 0 Å². The normalized spacial score (nSPS) is 10.6. The van der Waals surface area contributed by atoms with E-state index in [2.05, 4.69) is 45.5 Å². The van der Waals surface area contributed by atoms with Crippen molar-refractivity contribution in [2.24, 2.45) is 0 Å². The number of rotatable bonds is 3. The van der Waals surface area contributed by atoms with Gasteiger partial charge in [-0.15, -0.1) is 11.8 Å². The van der Waals surface area contributed by atoms with Crippen LogP contribution in [0.5, 0.6) is 0 Å². The minimum Gasteiger partial charge on any atom is -0.368 e. The Balaban J connectivity index is 2.21. The van der Waals surface area contributed by atoms with Gasteiger partial charge in [0, 0.05) is 34.0 Å². The summed E-state index contributed by atoms with van der Waals surface area (Å²) in [5, 5.41) is 0. The maximum Gasteiger partial charge on any atom is 0.220 e. The van der Waals surface area contributed by atoms with Gasteiger partial charge in [0.2, 0.25) is 5.95 Å².